The lowest BCUT2D eigenvalue weighted by molar-refractivity contribution is -0.249. The lowest BCUT2D eigenvalue weighted by Crippen LogP contribution is -2.55. The Bertz CT molecular complexity index is 1450. The quantitative estimate of drug-likeness (QED) is 0.165. The summed E-state index contributed by atoms with van der Waals surface area (Å²) in [4.78, 5) is 40.0. The van der Waals surface area contributed by atoms with Crippen LogP contribution in [0, 0.1) is 0 Å². The number of rotatable bonds is 8. The maximum atomic E-state index is 13.7. The molecule has 13 nitrogen and oxygen atoms in total. The molecule has 14 heteroatoms. The summed E-state index contributed by atoms with van der Waals surface area (Å²) in [6.07, 6.45) is -5.14. The smallest absolute Gasteiger partial charge is 0.202 e. The molecule has 1 saturated heterocycles. The lowest BCUT2D eigenvalue weighted by Gasteiger charge is -2.43. The van der Waals surface area contributed by atoms with E-state index in [1.165, 1.54) is 25.3 Å². The molecule has 1 aliphatic heterocycles. The van der Waals surface area contributed by atoms with Gasteiger partial charge in [0.2, 0.25) is 5.78 Å². The number of fused-ring (bicyclic) bond motifs is 3. The second-order valence-electron chi connectivity index (χ2n) is 10.8. The number of benzene rings is 2. The normalized spacial score (nSPS) is 27.9. The number of carbonyl (C=O) groups excluding carboxylic acids is 3. The Morgan fingerprint density at radius 1 is 1.12 bits per heavy atom. The van der Waals surface area contributed by atoms with Gasteiger partial charge >= 0.3 is 0 Å². The van der Waals surface area contributed by atoms with Crippen molar-refractivity contribution in [3.8, 4) is 17.2 Å². The molecule has 3 aliphatic rings. The molecule has 2 aromatic carbocycles. The maximum Gasteiger partial charge on any atom is 0.202 e. The van der Waals surface area contributed by atoms with Gasteiger partial charge in [-0.2, -0.15) is 0 Å². The first-order valence-corrected chi connectivity index (χ1v) is 13.5. The van der Waals surface area contributed by atoms with Gasteiger partial charge in [0.1, 0.15) is 29.5 Å². The number of hydrogen-bond acceptors (Lipinski definition) is 13. The number of ether oxygens (including phenoxy) is 3. The fourth-order valence-electron chi connectivity index (χ4n) is 6.17. The third-order valence-corrected chi connectivity index (χ3v) is 8.28. The molecule has 2 aromatic rings. The summed E-state index contributed by atoms with van der Waals surface area (Å²) in [5.41, 5.74) is -3.70. The molecule has 0 amide bonds. The van der Waals surface area contributed by atoms with Crippen LogP contribution < -0.4 is 10.1 Å². The van der Waals surface area contributed by atoms with Gasteiger partial charge in [0.05, 0.1) is 48.7 Å². The van der Waals surface area contributed by atoms with Crippen molar-refractivity contribution in [1.82, 2.24) is 5.32 Å². The van der Waals surface area contributed by atoms with Crippen molar-refractivity contribution >= 4 is 29.8 Å². The van der Waals surface area contributed by atoms with Crippen LogP contribution in [0.1, 0.15) is 68.8 Å². The van der Waals surface area contributed by atoms with Crippen LogP contribution in [0.15, 0.2) is 18.2 Å². The molecular formula is C29H34ClNO12. The van der Waals surface area contributed by atoms with Crippen LogP contribution in [0.25, 0.3) is 0 Å². The number of phenolic OH excluding ortho intramolecular Hbond substituents is 2. The van der Waals surface area contributed by atoms with E-state index >= 15 is 0 Å². The van der Waals surface area contributed by atoms with Crippen LogP contribution in [0.4, 0.5) is 0 Å². The molecule has 1 fully saturated rings. The number of aliphatic hydroxyl groups is 4. The number of methoxy groups -OCH3 is 1. The molecule has 0 spiro atoms. The van der Waals surface area contributed by atoms with Crippen LogP contribution in [-0.4, -0.2) is 105 Å². The highest BCUT2D eigenvalue weighted by Crippen LogP contribution is 2.52. The Labute approximate surface area is 252 Å². The fourth-order valence-corrected chi connectivity index (χ4v) is 6.17. The third-order valence-electron chi connectivity index (χ3n) is 8.28. The standard InChI is InChI=1S/C29H33NO12.ClH/c1-12-24(34)15(30-6-7-31)8-19(41-12)42-17-10-29(39,18(33)11-32)9-14-21(17)28(38)23-22(26(14)36)25(35)13-4-3-5-16(40-2)20(13)27(23)37;/h3-5,12,15,17,19,24,30-32,34,36,38-39H,6-11H2,1-2H3;1H. The second-order valence-corrected chi connectivity index (χ2v) is 10.8. The molecule has 2 aliphatic carbocycles. The molecule has 43 heavy (non-hydrogen) atoms. The second kappa shape index (κ2) is 12.5. The lowest BCUT2D eigenvalue weighted by atomic mass is 9.72. The van der Waals surface area contributed by atoms with Gasteiger partial charge in [-0.3, -0.25) is 14.4 Å². The minimum atomic E-state index is -2.26. The molecule has 0 radical (unpaired) electrons. The molecule has 6 atom stereocenters. The predicted octanol–water partition coefficient (Wildman–Crippen LogP) is 0.0463. The highest BCUT2D eigenvalue weighted by Gasteiger charge is 2.50. The van der Waals surface area contributed by atoms with Gasteiger partial charge in [-0.25, -0.2) is 0 Å². The molecule has 0 aromatic heterocycles. The first-order valence-electron chi connectivity index (χ1n) is 13.5. The summed E-state index contributed by atoms with van der Waals surface area (Å²) in [5, 5.41) is 66.6. The number of phenols is 2. The van der Waals surface area contributed by atoms with Crippen molar-refractivity contribution < 1.29 is 59.2 Å². The number of aromatic hydroxyl groups is 2. The van der Waals surface area contributed by atoms with E-state index < -0.39 is 95.7 Å². The zero-order valence-corrected chi connectivity index (χ0v) is 24.2. The fraction of sp³-hybridized carbons (Fsp3) is 0.483. The average Bonchev–Trinajstić information content (AvgIpc) is 2.97. The van der Waals surface area contributed by atoms with Crippen LogP contribution in [0.5, 0.6) is 17.2 Å². The van der Waals surface area contributed by atoms with E-state index in [1.807, 2.05) is 0 Å². The zero-order valence-electron chi connectivity index (χ0n) is 23.4. The molecule has 234 valence electrons. The van der Waals surface area contributed by atoms with Gasteiger partial charge in [0.15, 0.2) is 17.9 Å². The number of ketones is 3. The Balaban J connectivity index is 0.00000423. The largest absolute Gasteiger partial charge is 0.507 e. The van der Waals surface area contributed by atoms with Crippen LogP contribution in [0.3, 0.4) is 0 Å². The first-order chi connectivity index (χ1) is 20.0. The summed E-state index contributed by atoms with van der Waals surface area (Å²) < 4.78 is 17.2. The van der Waals surface area contributed by atoms with Crippen molar-refractivity contribution in [3.63, 3.8) is 0 Å². The summed E-state index contributed by atoms with van der Waals surface area (Å²) >= 11 is 0. The highest BCUT2D eigenvalue weighted by molar-refractivity contribution is 6.31. The van der Waals surface area contributed by atoms with Gasteiger partial charge in [0.25, 0.3) is 0 Å². The number of halogens is 1. The summed E-state index contributed by atoms with van der Waals surface area (Å²) in [5.74, 6) is -3.82. The van der Waals surface area contributed by atoms with E-state index in [-0.39, 0.29) is 60.0 Å². The summed E-state index contributed by atoms with van der Waals surface area (Å²) in [6, 6.07) is 3.79. The van der Waals surface area contributed by atoms with Crippen molar-refractivity contribution in [2.45, 2.75) is 62.4 Å². The summed E-state index contributed by atoms with van der Waals surface area (Å²) in [7, 11) is 1.32. The van der Waals surface area contributed by atoms with Crippen molar-refractivity contribution in [1.29, 1.82) is 0 Å². The van der Waals surface area contributed by atoms with Crippen molar-refractivity contribution in [2.24, 2.45) is 0 Å². The SMILES string of the molecule is COc1cccc2c1C(=O)c1c(O)c3c(c(O)c1C2=O)CC(O)(C(=O)CO)CC3OC1CC(NCCO)C(O)C(C)O1.Cl. The Morgan fingerprint density at radius 3 is 2.47 bits per heavy atom. The molecule has 5 rings (SSSR count). The summed E-state index contributed by atoms with van der Waals surface area (Å²) in [6.45, 7) is 0.565. The average molecular weight is 624 g/mol. The minimum absolute atomic E-state index is 0. The number of nitrogens with one attached hydrogen (secondary N) is 1. The Hall–Kier alpha value is -3.14. The monoisotopic (exact) mass is 623 g/mol. The van der Waals surface area contributed by atoms with Gasteiger partial charge < -0.3 is 50.2 Å². The molecule has 0 saturated carbocycles. The number of aliphatic hydroxyl groups excluding tert-OH is 3. The number of hydrogen-bond donors (Lipinski definition) is 7. The third kappa shape index (κ3) is 5.40. The minimum Gasteiger partial charge on any atom is -0.507 e. The zero-order chi connectivity index (χ0) is 30.5. The van der Waals surface area contributed by atoms with Crippen LogP contribution in [-0.2, 0) is 20.7 Å². The molecule has 7 N–H and O–H groups in total. The van der Waals surface area contributed by atoms with Crippen LogP contribution in [0.2, 0.25) is 0 Å². The van der Waals surface area contributed by atoms with Gasteiger partial charge in [-0.15, -0.1) is 12.4 Å². The topological polar surface area (TPSA) is 212 Å². The van der Waals surface area contributed by atoms with E-state index in [9.17, 15) is 45.0 Å². The molecule has 1 heterocycles. The van der Waals surface area contributed by atoms with E-state index in [2.05, 4.69) is 5.32 Å². The van der Waals surface area contributed by atoms with E-state index in [1.54, 1.807) is 6.92 Å². The van der Waals surface area contributed by atoms with Crippen LogP contribution >= 0.6 is 12.4 Å². The van der Waals surface area contributed by atoms with E-state index in [0.717, 1.165) is 0 Å². The number of Topliss-reactive ketones (excluding diaryl/α,β-unsaturated/α-hetero) is 1. The Kier molecular flexibility index (Phi) is 9.50. The van der Waals surface area contributed by atoms with Gasteiger partial charge in [-0.1, -0.05) is 12.1 Å². The van der Waals surface area contributed by atoms with E-state index in [4.69, 9.17) is 14.2 Å². The first kappa shape index (κ1) is 32.8. The molecule has 6 unspecified atom stereocenters. The Morgan fingerprint density at radius 2 is 1.81 bits per heavy atom. The van der Waals surface area contributed by atoms with Crippen molar-refractivity contribution in [2.75, 3.05) is 26.9 Å². The predicted molar refractivity (Wildman–Crippen MR) is 150 cm³/mol. The molecular weight excluding hydrogens is 590 g/mol. The van der Waals surface area contributed by atoms with Crippen molar-refractivity contribution in [3.05, 3.63) is 51.6 Å². The van der Waals surface area contributed by atoms with Gasteiger partial charge in [0, 0.05) is 48.5 Å². The molecule has 0 bridgehead atoms. The van der Waals surface area contributed by atoms with E-state index in [0.29, 0.717) is 0 Å². The van der Waals surface area contributed by atoms with Gasteiger partial charge in [-0.05, 0) is 13.0 Å². The number of carbonyl (C=O) groups is 3. The highest BCUT2D eigenvalue weighted by atomic mass is 35.5. The maximum absolute atomic E-state index is 13.7.